The van der Waals surface area contributed by atoms with Gasteiger partial charge in [-0.2, -0.15) is 0 Å². The molecule has 1 aliphatic rings. The summed E-state index contributed by atoms with van der Waals surface area (Å²) >= 11 is 0. The number of imide groups is 1. The van der Waals surface area contributed by atoms with Crippen LogP contribution in [0.1, 0.15) is 16.7 Å². The van der Waals surface area contributed by atoms with Crippen LogP contribution in [0.15, 0.2) is 60.2 Å². The molecule has 0 fully saturated rings. The number of hydrogen-bond acceptors (Lipinski definition) is 2. The van der Waals surface area contributed by atoms with Gasteiger partial charge < -0.3 is 0 Å². The Morgan fingerprint density at radius 2 is 1.35 bits per heavy atom. The van der Waals surface area contributed by atoms with E-state index in [1.807, 2.05) is 50.2 Å². The summed E-state index contributed by atoms with van der Waals surface area (Å²) in [5, 5.41) is 0. The van der Waals surface area contributed by atoms with Crippen molar-refractivity contribution in [1.82, 2.24) is 0 Å². The van der Waals surface area contributed by atoms with Crippen LogP contribution < -0.4 is 4.90 Å². The Bertz CT molecular complexity index is 863. The minimum Gasteiger partial charge on any atom is -0.269 e. The molecule has 2 amide bonds. The fourth-order valence-corrected chi connectivity index (χ4v) is 2.27. The van der Waals surface area contributed by atoms with Crippen molar-refractivity contribution in [3.8, 4) is 11.8 Å². The molecular weight excluding hydrogens is 286 g/mol. The van der Waals surface area contributed by atoms with Crippen molar-refractivity contribution < 1.29 is 9.59 Å². The Morgan fingerprint density at radius 3 is 1.96 bits per heavy atom. The average molecular weight is 301 g/mol. The number of hydrogen-bond donors (Lipinski definition) is 0. The van der Waals surface area contributed by atoms with Crippen molar-refractivity contribution in [2.75, 3.05) is 4.90 Å². The number of carbonyl (C=O) groups is 2. The quantitative estimate of drug-likeness (QED) is 0.599. The van der Waals surface area contributed by atoms with Crippen LogP contribution in [0.2, 0.25) is 0 Å². The molecule has 1 heterocycles. The van der Waals surface area contributed by atoms with Crippen LogP contribution in [-0.4, -0.2) is 11.8 Å². The molecule has 0 N–H and O–H groups in total. The van der Waals surface area contributed by atoms with Gasteiger partial charge in [0.1, 0.15) is 0 Å². The second kappa shape index (κ2) is 5.94. The standard InChI is InChI=1S/C20H15NO2/c1-14-3-7-16(8-4-14)9-10-17-13-19(22)21(20(17)23)18-11-5-15(2)6-12-18/h3-8,11-13H,1-2H3. The topological polar surface area (TPSA) is 37.4 Å². The number of anilines is 1. The van der Waals surface area contributed by atoms with E-state index in [4.69, 9.17) is 0 Å². The molecule has 1 aliphatic heterocycles. The summed E-state index contributed by atoms with van der Waals surface area (Å²) < 4.78 is 0. The van der Waals surface area contributed by atoms with Gasteiger partial charge in [-0.3, -0.25) is 9.59 Å². The highest BCUT2D eigenvalue weighted by molar-refractivity contribution is 6.32. The molecule has 0 aliphatic carbocycles. The van der Waals surface area contributed by atoms with Crippen molar-refractivity contribution in [3.63, 3.8) is 0 Å². The zero-order valence-corrected chi connectivity index (χ0v) is 13.0. The van der Waals surface area contributed by atoms with Gasteiger partial charge in [0.15, 0.2) is 0 Å². The molecule has 3 heteroatoms. The zero-order chi connectivity index (χ0) is 16.4. The number of benzene rings is 2. The summed E-state index contributed by atoms with van der Waals surface area (Å²) in [6.45, 7) is 3.95. The summed E-state index contributed by atoms with van der Waals surface area (Å²) in [5.41, 5.74) is 3.81. The summed E-state index contributed by atoms with van der Waals surface area (Å²) in [6.07, 6.45) is 1.30. The molecule has 0 aromatic heterocycles. The lowest BCUT2D eigenvalue weighted by Gasteiger charge is -2.14. The third-order valence-electron chi connectivity index (χ3n) is 3.61. The highest BCUT2D eigenvalue weighted by atomic mass is 16.2. The minimum atomic E-state index is -0.376. The maximum atomic E-state index is 12.4. The molecule has 3 rings (SSSR count). The number of carbonyl (C=O) groups excluding carboxylic acids is 2. The van der Waals surface area contributed by atoms with Gasteiger partial charge >= 0.3 is 0 Å². The lowest BCUT2D eigenvalue weighted by atomic mass is 10.1. The SMILES string of the molecule is Cc1ccc(C#CC2=CC(=O)N(c3ccc(C)cc3)C2=O)cc1. The van der Waals surface area contributed by atoms with Crippen LogP contribution in [0.3, 0.4) is 0 Å². The first kappa shape index (κ1) is 14.8. The van der Waals surface area contributed by atoms with E-state index < -0.39 is 0 Å². The lowest BCUT2D eigenvalue weighted by Crippen LogP contribution is -2.30. The molecule has 23 heavy (non-hydrogen) atoms. The van der Waals surface area contributed by atoms with Crippen molar-refractivity contribution in [1.29, 1.82) is 0 Å². The third kappa shape index (κ3) is 3.07. The second-order valence-corrected chi connectivity index (χ2v) is 5.49. The molecular formula is C20H15NO2. The summed E-state index contributed by atoms with van der Waals surface area (Å²) in [4.78, 5) is 25.7. The second-order valence-electron chi connectivity index (χ2n) is 5.49. The van der Waals surface area contributed by atoms with Crippen LogP contribution >= 0.6 is 0 Å². The van der Waals surface area contributed by atoms with Crippen molar-refractivity contribution in [3.05, 3.63) is 76.9 Å². The van der Waals surface area contributed by atoms with Gasteiger partial charge in [0.2, 0.25) is 0 Å². The van der Waals surface area contributed by atoms with E-state index in [1.54, 1.807) is 12.1 Å². The smallest absolute Gasteiger partial charge is 0.269 e. The Labute approximate surface area is 135 Å². The van der Waals surface area contributed by atoms with Crippen LogP contribution in [0.25, 0.3) is 0 Å². The first-order chi connectivity index (χ1) is 11.0. The van der Waals surface area contributed by atoms with Gasteiger partial charge in [-0.05, 0) is 38.1 Å². The van der Waals surface area contributed by atoms with Crippen LogP contribution in [0.4, 0.5) is 5.69 Å². The average Bonchev–Trinajstić information content (AvgIpc) is 2.82. The Hall–Kier alpha value is -3.12. The van der Waals surface area contributed by atoms with Gasteiger partial charge in [-0.1, -0.05) is 47.2 Å². The van der Waals surface area contributed by atoms with Crippen LogP contribution in [-0.2, 0) is 9.59 Å². The summed E-state index contributed by atoms with van der Waals surface area (Å²) in [6, 6.07) is 14.9. The van der Waals surface area contributed by atoms with E-state index >= 15 is 0 Å². The number of aryl methyl sites for hydroxylation is 2. The van der Waals surface area contributed by atoms with E-state index in [-0.39, 0.29) is 17.4 Å². The Kier molecular flexibility index (Phi) is 3.82. The van der Waals surface area contributed by atoms with Gasteiger partial charge in [-0.25, -0.2) is 4.90 Å². The van der Waals surface area contributed by atoms with Gasteiger partial charge in [0, 0.05) is 11.6 Å². The molecule has 3 nitrogen and oxygen atoms in total. The fraction of sp³-hybridized carbons (Fsp3) is 0.100. The normalized spacial score (nSPS) is 13.7. The Morgan fingerprint density at radius 1 is 0.783 bits per heavy atom. The van der Waals surface area contributed by atoms with Gasteiger partial charge in [0.05, 0.1) is 11.3 Å². The maximum absolute atomic E-state index is 12.4. The zero-order valence-electron chi connectivity index (χ0n) is 13.0. The largest absolute Gasteiger partial charge is 0.274 e. The number of amides is 2. The fourth-order valence-electron chi connectivity index (χ4n) is 2.27. The Balaban J connectivity index is 1.85. The predicted octanol–water partition coefficient (Wildman–Crippen LogP) is 3.15. The van der Waals surface area contributed by atoms with Crippen molar-refractivity contribution >= 4 is 17.5 Å². The first-order valence-corrected chi connectivity index (χ1v) is 7.30. The molecule has 0 bridgehead atoms. The maximum Gasteiger partial charge on any atom is 0.274 e. The first-order valence-electron chi connectivity index (χ1n) is 7.30. The highest BCUT2D eigenvalue weighted by Crippen LogP contribution is 2.22. The van der Waals surface area contributed by atoms with E-state index in [2.05, 4.69) is 11.8 Å². The van der Waals surface area contributed by atoms with Crippen molar-refractivity contribution in [2.45, 2.75) is 13.8 Å². The van der Waals surface area contributed by atoms with E-state index in [1.165, 1.54) is 6.08 Å². The molecule has 0 saturated heterocycles. The summed E-state index contributed by atoms with van der Waals surface area (Å²) in [7, 11) is 0. The molecule has 112 valence electrons. The van der Waals surface area contributed by atoms with Gasteiger partial charge in [0.25, 0.3) is 11.8 Å². The lowest BCUT2D eigenvalue weighted by molar-refractivity contribution is -0.120. The monoisotopic (exact) mass is 301 g/mol. The molecule has 2 aromatic carbocycles. The molecule has 2 aromatic rings. The van der Waals surface area contributed by atoms with E-state index in [0.717, 1.165) is 21.6 Å². The molecule has 0 spiro atoms. The van der Waals surface area contributed by atoms with Crippen LogP contribution in [0.5, 0.6) is 0 Å². The highest BCUT2D eigenvalue weighted by Gasteiger charge is 2.31. The third-order valence-corrected chi connectivity index (χ3v) is 3.61. The number of rotatable bonds is 1. The van der Waals surface area contributed by atoms with E-state index in [9.17, 15) is 9.59 Å². The molecule has 0 atom stereocenters. The van der Waals surface area contributed by atoms with Crippen LogP contribution in [0, 0.1) is 25.7 Å². The predicted molar refractivity (Wildman–Crippen MR) is 89.8 cm³/mol. The van der Waals surface area contributed by atoms with Crippen molar-refractivity contribution in [2.24, 2.45) is 0 Å². The molecule has 0 saturated carbocycles. The molecule has 0 unspecified atom stereocenters. The molecule has 0 radical (unpaired) electrons. The minimum absolute atomic E-state index is 0.219. The summed E-state index contributed by atoms with van der Waals surface area (Å²) in [5.74, 6) is 5.00. The number of nitrogens with zero attached hydrogens (tertiary/aromatic N) is 1. The van der Waals surface area contributed by atoms with E-state index in [0.29, 0.717) is 5.69 Å². The van der Waals surface area contributed by atoms with Gasteiger partial charge in [-0.15, -0.1) is 0 Å².